The van der Waals surface area contributed by atoms with Crippen molar-refractivity contribution in [3.63, 3.8) is 0 Å². The van der Waals surface area contributed by atoms with Gasteiger partial charge in [0.15, 0.2) is 10.9 Å². The number of thiocarbonyl (C=S) groups is 1. The second-order valence-corrected chi connectivity index (χ2v) is 8.33. The van der Waals surface area contributed by atoms with Crippen molar-refractivity contribution in [3.05, 3.63) is 76.9 Å². The van der Waals surface area contributed by atoms with Gasteiger partial charge in [0.1, 0.15) is 5.75 Å². The molecule has 0 saturated carbocycles. The van der Waals surface area contributed by atoms with Crippen LogP contribution in [0, 0.1) is 0 Å². The molecule has 2 aromatic carbocycles. The van der Waals surface area contributed by atoms with Crippen LogP contribution in [-0.4, -0.2) is 58.0 Å². The molecule has 4 rings (SSSR count). The van der Waals surface area contributed by atoms with E-state index in [1.54, 1.807) is 7.11 Å². The predicted molar refractivity (Wildman–Crippen MR) is 129 cm³/mol. The van der Waals surface area contributed by atoms with Crippen LogP contribution in [0.4, 0.5) is 5.82 Å². The molecular formula is C23H26ClN5OS. The van der Waals surface area contributed by atoms with E-state index in [1.807, 2.05) is 53.3 Å². The maximum Gasteiger partial charge on any atom is 0.174 e. The van der Waals surface area contributed by atoms with Gasteiger partial charge >= 0.3 is 0 Å². The van der Waals surface area contributed by atoms with Crippen LogP contribution in [0.2, 0.25) is 5.02 Å². The van der Waals surface area contributed by atoms with Crippen molar-refractivity contribution in [2.24, 2.45) is 0 Å². The Balaban J connectivity index is 1.26. The van der Waals surface area contributed by atoms with Crippen molar-refractivity contribution >= 4 is 34.7 Å². The highest BCUT2D eigenvalue weighted by atomic mass is 35.5. The van der Waals surface area contributed by atoms with E-state index < -0.39 is 0 Å². The normalized spacial score (nSPS) is 14.5. The molecule has 0 spiro atoms. The number of hydrogen-bond acceptors (Lipinski definition) is 4. The summed E-state index contributed by atoms with van der Waals surface area (Å²) in [5.74, 6) is 1.64. The first-order chi connectivity index (χ1) is 15.1. The van der Waals surface area contributed by atoms with Crippen LogP contribution in [0.25, 0.3) is 0 Å². The van der Waals surface area contributed by atoms with Crippen molar-refractivity contribution in [2.75, 3.05) is 38.6 Å². The first-order valence-electron chi connectivity index (χ1n) is 10.3. The Kier molecular flexibility index (Phi) is 7.06. The van der Waals surface area contributed by atoms with Crippen molar-refractivity contribution in [2.45, 2.75) is 13.1 Å². The molecule has 1 fully saturated rings. The third-order valence-electron chi connectivity index (χ3n) is 5.37. The molecule has 0 atom stereocenters. The molecule has 6 nitrogen and oxygen atoms in total. The molecule has 1 saturated heterocycles. The minimum Gasteiger partial charge on any atom is -0.497 e. The van der Waals surface area contributed by atoms with Gasteiger partial charge in [0.25, 0.3) is 0 Å². The fourth-order valence-corrected chi connectivity index (χ4v) is 4.13. The van der Waals surface area contributed by atoms with Crippen LogP contribution >= 0.6 is 23.8 Å². The molecular weight excluding hydrogens is 430 g/mol. The number of anilines is 1. The number of methoxy groups -OCH3 is 1. The summed E-state index contributed by atoms with van der Waals surface area (Å²) in [6, 6.07) is 18.0. The van der Waals surface area contributed by atoms with E-state index in [-0.39, 0.29) is 0 Å². The van der Waals surface area contributed by atoms with E-state index in [4.69, 9.17) is 28.6 Å². The van der Waals surface area contributed by atoms with Crippen LogP contribution in [0.5, 0.6) is 5.75 Å². The van der Waals surface area contributed by atoms with E-state index in [1.165, 1.54) is 5.56 Å². The number of ether oxygens (including phenoxy) is 1. The second kappa shape index (κ2) is 10.1. The standard InChI is InChI=1S/C23H26ClN5OS/c1-30-20-7-4-5-18(15-20)16-27-11-13-28(14-12-27)23(31)25-22-9-10-29(26-22)17-19-6-2-3-8-21(19)24/h2-10,15H,11-14,16-17H2,1H3,(H,25,26,31). The quantitative estimate of drug-likeness (QED) is 0.564. The van der Waals surface area contributed by atoms with Gasteiger partial charge in [0.05, 0.1) is 13.7 Å². The summed E-state index contributed by atoms with van der Waals surface area (Å²) in [6.07, 6.45) is 1.93. The van der Waals surface area contributed by atoms with E-state index in [0.717, 1.165) is 54.9 Å². The fourth-order valence-electron chi connectivity index (χ4n) is 3.64. The van der Waals surface area contributed by atoms with Crippen molar-refractivity contribution in [3.8, 4) is 5.75 Å². The minimum absolute atomic E-state index is 0.622. The molecule has 1 aromatic heterocycles. The topological polar surface area (TPSA) is 45.6 Å². The maximum atomic E-state index is 6.25. The number of halogens is 1. The largest absolute Gasteiger partial charge is 0.497 e. The lowest BCUT2D eigenvalue weighted by molar-refractivity contribution is 0.177. The first-order valence-corrected chi connectivity index (χ1v) is 11.1. The first kappa shape index (κ1) is 21.6. The summed E-state index contributed by atoms with van der Waals surface area (Å²) < 4.78 is 7.18. The monoisotopic (exact) mass is 455 g/mol. The average molecular weight is 456 g/mol. The highest BCUT2D eigenvalue weighted by molar-refractivity contribution is 7.80. The van der Waals surface area contributed by atoms with Crippen molar-refractivity contribution in [1.82, 2.24) is 19.6 Å². The molecule has 0 bridgehead atoms. The summed E-state index contributed by atoms with van der Waals surface area (Å²) in [5, 5.41) is 9.31. The van der Waals surface area contributed by atoms with E-state index in [9.17, 15) is 0 Å². The molecule has 0 radical (unpaired) electrons. The highest BCUT2D eigenvalue weighted by Crippen LogP contribution is 2.18. The Hall–Kier alpha value is -2.61. The zero-order valence-corrected chi connectivity index (χ0v) is 19.1. The Morgan fingerprint density at radius 2 is 1.87 bits per heavy atom. The predicted octanol–water partition coefficient (Wildman–Crippen LogP) is 4.11. The fraction of sp³-hybridized carbons (Fsp3) is 0.304. The number of benzene rings is 2. The van der Waals surface area contributed by atoms with Crippen LogP contribution in [0.15, 0.2) is 60.8 Å². The lowest BCUT2D eigenvalue weighted by atomic mass is 10.2. The SMILES string of the molecule is COc1cccc(CN2CCN(C(=S)Nc3ccn(Cc4ccccc4Cl)n3)CC2)c1. The summed E-state index contributed by atoms with van der Waals surface area (Å²) in [4.78, 5) is 4.64. The number of aromatic nitrogens is 2. The molecule has 2 heterocycles. The van der Waals surface area contributed by atoms with Gasteiger partial charge in [-0.3, -0.25) is 9.58 Å². The zero-order valence-electron chi connectivity index (χ0n) is 17.5. The lowest BCUT2D eigenvalue weighted by Gasteiger charge is -2.36. The number of hydrogen-bond donors (Lipinski definition) is 1. The van der Waals surface area contributed by atoms with Gasteiger partial charge in [-0.15, -0.1) is 0 Å². The number of nitrogens with zero attached hydrogens (tertiary/aromatic N) is 4. The molecule has 1 N–H and O–H groups in total. The van der Waals surface area contributed by atoms with Crippen molar-refractivity contribution < 1.29 is 4.74 Å². The van der Waals surface area contributed by atoms with Gasteiger partial charge in [0.2, 0.25) is 0 Å². The third-order valence-corrected chi connectivity index (χ3v) is 6.09. The molecule has 8 heteroatoms. The lowest BCUT2D eigenvalue weighted by Crippen LogP contribution is -2.49. The number of piperazine rings is 1. The molecule has 0 aliphatic carbocycles. The zero-order chi connectivity index (χ0) is 21.6. The van der Waals surface area contributed by atoms with E-state index in [0.29, 0.717) is 11.7 Å². The molecule has 31 heavy (non-hydrogen) atoms. The Labute approximate surface area is 193 Å². The molecule has 3 aromatic rings. The Morgan fingerprint density at radius 3 is 2.65 bits per heavy atom. The van der Waals surface area contributed by atoms with Gasteiger partial charge in [-0.25, -0.2) is 0 Å². The van der Waals surface area contributed by atoms with Gasteiger partial charge in [-0.2, -0.15) is 5.10 Å². The Morgan fingerprint density at radius 1 is 1.06 bits per heavy atom. The van der Waals surface area contributed by atoms with E-state index in [2.05, 4.69) is 32.3 Å². The number of nitrogens with one attached hydrogen (secondary N) is 1. The van der Waals surface area contributed by atoms with Crippen molar-refractivity contribution in [1.29, 1.82) is 0 Å². The van der Waals surface area contributed by atoms with Crippen LogP contribution in [0.3, 0.4) is 0 Å². The smallest absolute Gasteiger partial charge is 0.174 e. The molecule has 0 unspecified atom stereocenters. The van der Waals surface area contributed by atoms with Gasteiger partial charge in [0, 0.05) is 50.0 Å². The van der Waals surface area contributed by atoms with Crippen LogP contribution in [0.1, 0.15) is 11.1 Å². The summed E-state index contributed by atoms with van der Waals surface area (Å²) in [6.45, 7) is 5.22. The second-order valence-electron chi connectivity index (χ2n) is 7.53. The highest BCUT2D eigenvalue weighted by Gasteiger charge is 2.19. The van der Waals surface area contributed by atoms with Crippen LogP contribution < -0.4 is 10.1 Å². The molecule has 1 aliphatic heterocycles. The molecule has 1 aliphatic rings. The Bertz CT molecular complexity index is 1030. The number of rotatable bonds is 6. The van der Waals surface area contributed by atoms with Gasteiger partial charge < -0.3 is 15.0 Å². The van der Waals surface area contributed by atoms with Gasteiger partial charge in [-0.05, 0) is 41.5 Å². The summed E-state index contributed by atoms with van der Waals surface area (Å²) in [7, 11) is 1.70. The van der Waals surface area contributed by atoms with Gasteiger partial charge in [-0.1, -0.05) is 41.9 Å². The summed E-state index contributed by atoms with van der Waals surface area (Å²) >= 11 is 11.9. The third kappa shape index (κ3) is 5.76. The molecule has 0 amide bonds. The molecule has 162 valence electrons. The van der Waals surface area contributed by atoms with E-state index >= 15 is 0 Å². The summed E-state index contributed by atoms with van der Waals surface area (Å²) in [5.41, 5.74) is 2.30. The van der Waals surface area contributed by atoms with Crippen LogP contribution in [-0.2, 0) is 13.1 Å². The minimum atomic E-state index is 0.622. The maximum absolute atomic E-state index is 6.25. The average Bonchev–Trinajstić information content (AvgIpc) is 3.22.